The van der Waals surface area contributed by atoms with Crippen LogP contribution >= 0.6 is 11.3 Å². The zero-order valence-corrected chi connectivity index (χ0v) is 9.76. The highest BCUT2D eigenvalue weighted by molar-refractivity contribution is 7.17. The number of furan rings is 1. The monoisotopic (exact) mass is 237 g/mol. The lowest BCUT2D eigenvalue weighted by Gasteiger charge is -1.94. The van der Waals surface area contributed by atoms with Crippen molar-refractivity contribution in [3.63, 3.8) is 0 Å². The topological polar surface area (TPSA) is 65.5 Å². The van der Waals surface area contributed by atoms with Crippen LogP contribution in [0.1, 0.15) is 15.2 Å². The van der Waals surface area contributed by atoms with Crippen LogP contribution < -0.4 is 5.73 Å². The van der Waals surface area contributed by atoms with Gasteiger partial charge in [0.05, 0.1) is 23.9 Å². The van der Waals surface area contributed by atoms with Gasteiger partial charge in [-0.3, -0.25) is 0 Å². The number of carbonyl (C=O) groups excluding carboxylic acids is 1. The van der Waals surface area contributed by atoms with Crippen molar-refractivity contribution in [2.75, 3.05) is 12.8 Å². The molecule has 0 aromatic carbocycles. The molecule has 0 aliphatic heterocycles. The van der Waals surface area contributed by atoms with Crippen LogP contribution in [0.2, 0.25) is 0 Å². The summed E-state index contributed by atoms with van der Waals surface area (Å²) >= 11 is 1.27. The Morgan fingerprint density at radius 1 is 1.56 bits per heavy atom. The van der Waals surface area contributed by atoms with E-state index in [0.29, 0.717) is 10.6 Å². The number of carbonyl (C=O) groups is 1. The largest absolute Gasteiger partial charge is 0.465 e. The van der Waals surface area contributed by atoms with E-state index in [2.05, 4.69) is 4.74 Å². The molecule has 0 saturated carbocycles. The Morgan fingerprint density at radius 3 is 2.88 bits per heavy atom. The fourth-order valence-corrected chi connectivity index (χ4v) is 2.45. The number of esters is 1. The SMILES string of the molecule is COC(=O)c1sc(-c2occc2C)cc1N. The van der Waals surface area contributed by atoms with Crippen LogP contribution in [0, 0.1) is 6.92 Å². The molecule has 0 fully saturated rings. The van der Waals surface area contributed by atoms with E-state index in [-0.39, 0.29) is 0 Å². The molecule has 16 heavy (non-hydrogen) atoms. The maximum absolute atomic E-state index is 11.4. The van der Waals surface area contributed by atoms with Gasteiger partial charge in [-0.15, -0.1) is 11.3 Å². The molecule has 2 aromatic rings. The second kappa shape index (κ2) is 4.02. The van der Waals surface area contributed by atoms with Crippen LogP contribution in [-0.2, 0) is 4.74 Å². The van der Waals surface area contributed by atoms with Crippen LogP contribution in [0.5, 0.6) is 0 Å². The molecule has 84 valence electrons. The quantitative estimate of drug-likeness (QED) is 0.815. The summed E-state index contributed by atoms with van der Waals surface area (Å²) in [7, 11) is 1.33. The second-order valence-electron chi connectivity index (χ2n) is 3.32. The van der Waals surface area contributed by atoms with Gasteiger partial charge in [-0.05, 0) is 24.6 Å². The van der Waals surface area contributed by atoms with E-state index in [9.17, 15) is 4.79 Å². The van der Waals surface area contributed by atoms with Crippen LogP contribution in [0.15, 0.2) is 22.8 Å². The molecule has 4 nitrogen and oxygen atoms in total. The summed E-state index contributed by atoms with van der Waals surface area (Å²) in [6.07, 6.45) is 1.61. The summed E-state index contributed by atoms with van der Waals surface area (Å²) in [4.78, 5) is 12.6. The molecular formula is C11H11NO3S. The summed E-state index contributed by atoms with van der Waals surface area (Å²) < 4.78 is 9.97. The van der Waals surface area contributed by atoms with Gasteiger partial charge in [-0.1, -0.05) is 0 Å². The average molecular weight is 237 g/mol. The molecule has 0 bridgehead atoms. The first-order valence-corrected chi connectivity index (χ1v) is 5.47. The molecule has 2 N–H and O–H groups in total. The predicted octanol–water partition coefficient (Wildman–Crippen LogP) is 2.69. The van der Waals surface area contributed by atoms with Crippen LogP contribution in [0.4, 0.5) is 5.69 Å². The van der Waals surface area contributed by atoms with Gasteiger partial charge >= 0.3 is 5.97 Å². The van der Waals surface area contributed by atoms with E-state index in [0.717, 1.165) is 16.2 Å². The number of aryl methyl sites for hydroxylation is 1. The van der Waals surface area contributed by atoms with Gasteiger partial charge in [0.15, 0.2) is 0 Å². The summed E-state index contributed by atoms with van der Waals surface area (Å²) in [5.41, 5.74) is 7.17. The maximum Gasteiger partial charge on any atom is 0.350 e. The van der Waals surface area contributed by atoms with E-state index in [4.69, 9.17) is 10.2 Å². The highest BCUT2D eigenvalue weighted by atomic mass is 32.1. The van der Waals surface area contributed by atoms with E-state index < -0.39 is 5.97 Å². The molecule has 0 aliphatic rings. The zero-order chi connectivity index (χ0) is 11.7. The molecule has 5 heteroatoms. The first-order chi connectivity index (χ1) is 7.63. The average Bonchev–Trinajstić information content (AvgIpc) is 2.83. The second-order valence-corrected chi connectivity index (χ2v) is 4.37. The fourth-order valence-electron chi connectivity index (χ4n) is 1.39. The molecule has 0 aliphatic carbocycles. The number of rotatable bonds is 2. The summed E-state index contributed by atoms with van der Waals surface area (Å²) in [6.45, 7) is 1.94. The van der Waals surface area contributed by atoms with Gasteiger partial charge in [0.1, 0.15) is 10.6 Å². The van der Waals surface area contributed by atoms with Crippen molar-refractivity contribution < 1.29 is 13.9 Å². The molecule has 2 aromatic heterocycles. The number of anilines is 1. The molecule has 0 amide bonds. The fraction of sp³-hybridized carbons (Fsp3) is 0.182. The maximum atomic E-state index is 11.4. The minimum atomic E-state index is -0.419. The molecule has 0 atom stereocenters. The van der Waals surface area contributed by atoms with Crippen molar-refractivity contribution >= 4 is 23.0 Å². The highest BCUT2D eigenvalue weighted by Gasteiger charge is 2.17. The predicted molar refractivity (Wildman–Crippen MR) is 62.5 cm³/mol. The first kappa shape index (κ1) is 10.8. The van der Waals surface area contributed by atoms with E-state index >= 15 is 0 Å². The molecule has 2 heterocycles. The molecule has 0 unspecified atom stereocenters. The van der Waals surface area contributed by atoms with Crippen molar-refractivity contribution in [2.24, 2.45) is 0 Å². The van der Waals surface area contributed by atoms with Gasteiger partial charge in [-0.2, -0.15) is 0 Å². The van der Waals surface area contributed by atoms with Crippen molar-refractivity contribution in [2.45, 2.75) is 6.92 Å². The van der Waals surface area contributed by atoms with Gasteiger partial charge < -0.3 is 14.9 Å². The van der Waals surface area contributed by atoms with Gasteiger partial charge in [0, 0.05) is 0 Å². The highest BCUT2D eigenvalue weighted by Crippen LogP contribution is 2.35. The van der Waals surface area contributed by atoms with Crippen LogP contribution in [0.3, 0.4) is 0 Å². The summed E-state index contributed by atoms with van der Waals surface area (Å²) in [5.74, 6) is 0.324. The lowest BCUT2D eigenvalue weighted by molar-refractivity contribution is 0.0607. The van der Waals surface area contributed by atoms with Crippen LogP contribution in [-0.4, -0.2) is 13.1 Å². The van der Waals surface area contributed by atoms with E-state index in [1.54, 1.807) is 12.3 Å². The number of nitrogen functional groups attached to an aromatic ring is 1. The molecule has 0 saturated heterocycles. The number of hydrogen-bond donors (Lipinski definition) is 1. The molecule has 2 rings (SSSR count). The van der Waals surface area contributed by atoms with E-state index in [1.165, 1.54) is 18.4 Å². The van der Waals surface area contributed by atoms with Crippen molar-refractivity contribution in [3.8, 4) is 10.6 Å². The van der Waals surface area contributed by atoms with Crippen molar-refractivity contribution in [1.29, 1.82) is 0 Å². The molecule has 0 radical (unpaired) electrons. The minimum Gasteiger partial charge on any atom is -0.465 e. The zero-order valence-electron chi connectivity index (χ0n) is 8.94. The lowest BCUT2D eigenvalue weighted by atomic mass is 10.2. The summed E-state index contributed by atoms with van der Waals surface area (Å²) in [6, 6.07) is 3.59. The third kappa shape index (κ3) is 1.69. The van der Waals surface area contributed by atoms with Crippen molar-refractivity contribution in [3.05, 3.63) is 28.8 Å². The summed E-state index contributed by atoms with van der Waals surface area (Å²) in [5, 5.41) is 0. The first-order valence-electron chi connectivity index (χ1n) is 4.65. The van der Waals surface area contributed by atoms with Crippen LogP contribution in [0.25, 0.3) is 10.6 Å². The number of methoxy groups -OCH3 is 1. The van der Waals surface area contributed by atoms with E-state index in [1.807, 2.05) is 13.0 Å². The standard InChI is InChI=1S/C11H11NO3S/c1-6-3-4-15-9(6)8-5-7(12)10(16-8)11(13)14-2/h3-5H,12H2,1-2H3. The third-order valence-corrected chi connectivity index (χ3v) is 3.35. The Labute approximate surface area is 96.6 Å². The lowest BCUT2D eigenvalue weighted by Crippen LogP contribution is -2.00. The van der Waals surface area contributed by atoms with Crippen molar-refractivity contribution in [1.82, 2.24) is 0 Å². The van der Waals surface area contributed by atoms with Gasteiger partial charge in [0.2, 0.25) is 0 Å². The Morgan fingerprint density at radius 2 is 2.31 bits per heavy atom. The Kier molecular flexibility index (Phi) is 2.70. The molecular weight excluding hydrogens is 226 g/mol. The third-order valence-electron chi connectivity index (χ3n) is 2.22. The number of hydrogen-bond acceptors (Lipinski definition) is 5. The van der Waals surface area contributed by atoms with Gasteiger partial charge in [0.25, 0.3) is 0 Å². The smallest absolute Gasteiger partial charge is 0.350 e. The Bertz CT molecular complexity index is 527. The number of nitrogens with two attached hydrogens (primary N) is 1. The Hall–Kier alpha value is -1.75. The number of ether oxygens (including phenoxy) is 1. The number of thiophene rings is 1. The normalized spacial score (nSPS) is 10.4. The minimum absolute atomic E-state index is 0.410. The molecule has 0 spiro atoms. The Balaban J connectivity index is 2.46. The van der Waals surface area contributed by atoms with Gasteiger partial charge in [-0.25, -0.2) is 4.79 Å².